The molecule has 0 spiro atoms. The van der Waals surface area contributed by atoms with Gasteiger partial charge in [0.1, 0.15) is 0 Å². The molecule has 1 fully saturated rings. The second kappa shape index (κ2) is 6.70. The number of carbonyl (C=O) groups is 1. The lowest BCUT2D eigenvalue weighted by atomic mass is 10.1. The number of rotatable bonds is 3. The van der Waals surface area contributed by atoms with Crippen molar-refractivity contribution in [3.8, 4) is 0 Å². The highest BCUT2D eigenvalue weighted by Crippen LogP contribution is 2.31. The van der Waals surface area contributed by atoms with E-state index in [1.165, 1.54) is 10.6 Å². The van der Waals surface area contributed by atoms with Gasteiger partial charge >= 0.3 is 6.03 Å². The van der Waals surface area contributed by atoms with Crippen LogP contribution in [0.3, 0.4) is 0 Å². The van der Waals surface area contributed by atoms with Gasteiger partial charge in [0, 0.05) is 25.6 Å². The lowest BCUT2D eigenvalue weighted by Gasteiger charge is -2.31. The van der Waals surface area contributed by atoms with Crippen LogP contribution in [-0.2, 0) is 16.4 Å². The van der Waals surface area contributed by atoms with E-state index in [4.69, 9.17) is 0 Å². The number of urea groups is 1. The van der Waals surface area contributed by atoms with E-state index in [1.807, 2.05) is 24.3 Å². The Morgan fingerprint density at radius 1 is 1.29 bits per heavy atom. The van der Waals surface area contributed by atoms with Crippen LogP contribution in [0, 0.1) is 0 Å². The SMILES string of the molecule is CS(=O)(=O)N1CCC[C@H](NC(=O)N[C@@H]2c3ccccc3C[C@@H]2O)C1. The average Bonchev–Trinajstić information content (AvgIpc) is 2.83. The largest absolute Gasteiger partial charge is 0.390 e. The van der Waals surface area contributed by atoms with Gasteiger partial charge < -0.3 is 15.7 Å². The highest BCUT2D eigenvalue weighted by atomic mass is 32.2. The minimum Gasteiger partial charge on any atom is -0.390 e. The van der Waals surface area contributed by atoms with Gasteiger partial charge in [-0.15, -0.1) is 0 Å². The number of benzene rings is 1. The van der Waals surface area contributed by atoms with Gasteiger partial charge in [0.25, 0.3) is 0 Å². The van der Waals surface area contributed by atoms with Gasteiger partial charge in [-0.3, -0.25) is 0 Å². The molecule has 0 aromatic heterocycles. The minimum atomic E-state index is -3.24. The number of sulfonamides is 1. The molecule has 24 heavy (non-hydrogen) atoms. The van der Waals surface area contributed by atoms with Crippen LogP contribution in [0.5, 0.6) is 0 Å². The molecule has 7 nitrogen and oxygen atoms in total. The van der Waals surface area contributed by atoms with Crippen molar-refractivity contribution in [2.75, 3.05) is 19.3 Å². The fraction of sp³-hybridized carbons (Fsp3) is 0.562. The van der Waals surface area contributed by atoms with Crippen molar-refractivity contribution >= 4 is 16.1 Å². The normalized spacial score (nSPS) is 27.5. The summed E-state index contributed by atoms with van der Waals surface area (Å²) in [6.45, 7) is 0.781. The Labute approximate surface area is 142 Å². The monoisotopic (exact) mass is 353 g/mol. The standard InChI is InChI=1S/C16H23N3O4S/c1-24(22,23)19-8-4-6-12(10-19)17-16(21)18-15-13-7-3-2-5-11(13)9-14(15)20/h2-3,5,7,12,14-15,20H,4,6,8-10H2,1H3,(H2,17,18,21)/t12-,14-,15+/m0/s1. The van der Waals surface area contributed by atoms with Crippen LogP contribution in [0.4, 0.5) is 4.79 Å². The van der Waals surface area contributed by atoms with Gasteiger partial charge in [0.05, 0.1) is 18.4 Å². The summed E-state index contributed by atoms with van der Waals surface area (Å²) < 4.78 is 24.7. The fourth-order valence-electron chi connectivity index (χ4n) is 3.48. The summed E-state index contributed by atoms with van der Waals surface area (Å²) >= 11 is 0. The first kappa shape index (κ1) is 17.2. The van der Waals surface area contributed by atoms with Crippen LogP contribution >= 0.6 is 0 Å². The second-order valence-corrected chi connectivity index (χ2v) is 8.51. The molecule has 1 heterocycles. The molecule has 8 heteroatoms. The Hall–Kier alpha value is -1.64. The zero-order valence-corrected chi connectivity index (χ0v) is 14.4. The molecule has 2 amide bonds. The molecule has 3 atom stereocenters. The first-order valence-electron chi connectivity index (χ1n) is 8.12. The number of carbonyl (C=O) groups excluding carboxylic acids is 1. The van der Waals surface area contributed by atoms with Crippen molar-refractivity contribution < 1.29 is 18.3 Å². The number of fused-ring (bicyclic) bond motifs is 1. The number of aliphatic hydroxyl groups excluding tert-OH is 1. The summed E-state index contributed by atoms with van der Waals surface area (Å²) in [5, 5.41) is 15.8. The molecule has 3 N–H and O–H groups in total. The summed E-state index contributed by atoms with van der Waals surface area (Å²) in [4.78, 5) is 12.3. The smallest absolute Gasteiger partial charge is 0.315 e. The molecule has 3 rings (SSSR count). The second-order valence-electron chi connectivity index (χ2n) is 6.53. The molecular formula is C16H23N3O4S. The number of aliphatic hydroxyl groups is 1. The third kappa shape index (κ3) is 3.71. The van der Waals surface area contributed by atoms with Crippen LogP contribution in [0.2, 0.25) is 0 Å². The molecule has 1 aromatic rings. The third-order valence-electron chi connectivity index (χ3n) is 4.68. The van der Waals surface area contributed by atoms with Crippen molar-refractivity contribution in [3.05, 3.63) is 35.4 Å². The number of piperidine rings is 1. The van der Waals surface area contributed by atoms with Crippen molar-refractivity contribution in [1.29, 1.82) is 0 Å². The van der Waals surface area contributed by atoms with Crippen LogP contribution in [0.15, 0.2) is 24.3 Å². The van der Waals surface area contributed by atoms with Gasteiger partial charge in [0.2, 0.25) is 10.0 Å². The maximum Gasteiger partial charge on any atom is 0.315 e. The molecule has 1 aliphatic heterocycles. The molecular weight excluding hydrogens is 330 g/mol. The number of amides is 2. The lowest BCUT2D eigenvalue weighted by Crippen LogP contribution is -2.52. The number of nitrogens with zero attached hydrogens (tertiary/aromatic N) is 1. The molecule has 1 saturated heterocycles. The minimum absolute atomic E-state index is 0.220. The average molecular weight is 353 g/mol. The predicted molar refractivity (Wildman–Crippen MR) is 90.0 cm³/mol. The van der Waals surface area contributed by atoms with Crippen molar-refractivity contribution in [2.45, 2.75) is 37.5 Å². The molecule has 1 aromatic carbocycles. The van der Waals surface area contributed by atoms with E-state index in [-0.39, 0.29) is 18.6 Å². The maximum atomic E-state index is 12.3. The first-order valence-corrected chi connectivity index (χ1v) is 9.97. The molecule has 2 aliphatic rings. The molecule has 0 unspecified atom stereocenters. The van der Waals surface area contributed by atoms with Crippen LogP contribution < -0.4 is 10.6 Å². The van der Waals surface area contributed by atoms with E-state index < -0.39 is 22.2 Å². The fourth-order valence-corrected chi connectivity index (χ4v) is 4.39. The van der Waals surface area contributed by atoms with E-state index in [2.05, 4.69) is 10.6 Å². The Morgan fingerprint density at radius 3 is 2.79 bits per heavy atom. The van der Waals surface area contributed by atoms with E-state index in [9.17, 15) is 18.3 Å². The Kier molecular flexibility index (Phi) is 4.80. The number of nitrogens with one attached hydrogen (secondary N) is 2. The van der Waals surface area contributed by atoms with Crippen molar-refractivity contribution in [2.24, 2.45) is 0 Å². The lowest BCUT2D eigenvalue weighted by molar-refractivity contribution is 0.141. The Morgan fingerprint density at radius 2 is 2.04 bits per heavy atom. The van der Waals surface area contributed by atoms with Gasteiger partial charge in [-0.1, -0.05) is 24.3 Å². The van der Waals surface area contributed by atoms with E-state index in [1.54, 1.807) is 0 Å². The number of hydrogen-bond acceptors (Lipinski definition) is 4. The summed E-state index contributed by atoms with van der Waals surface area (Å²) in [6, 6.07) is 6.62. The maximum absolute atomic E-state index is 12.3. The van der Waals surface area contributed by atoms with Gasteiger partial charge in [-0.05, 0) is 24.0 Å². The third-order valence-corrected chi connectivity index (χ3v) is 5.95. The molecule has 0 bridgehead atoms. The van der Waals surface area contributed by atoms with E-state index >= 15 is 0 Å². The van der Waals surface area contributed by atoms with Crippen molar-refractivity contribution in [1.82, 2.24) is 14.9 Å². The summed E-state index contributed by atoms with van der Waals surface area (Å²) in [5.74, 6) is 0. The Bertz CT molecular complexity index is 722. The zero-order valence-electron chi connectivity index (χ0n) is 13.6. The van der Waals surface area contributed by atoms with E-state index in [0.717, 1.165) is 17.5 Å². The number of hydrogen-bond donors (Lipinski definition) is 3. The predicted octanol–water partition coefficient (Wildman–Crippen LogP) is 0.368. The van der Waals surface area contributed by atoms with Gasteiger partial charge in [0.15, 0.2) is 0 Å². The summed E-state index contributed by atoms with van der Waals surface area (Å²) in [6.07, 6.45) is 2.51. The highest BCUT2D eigenvalue weighted by molar-refractivity contribution is 7.88. The van der Waals surface area contributed by atoms with Gasteiger partial charge in [-0.25, -0.2) is 17.5 Å². The highest BCUT2D eigenvalue weighted by Gasteiger charge is 2.33. The molecule has 0 radical (unpaired) electrons. The van der Waals surface area contributed by atoms with Crippen LogP contribution in [-0.4, -0.2) is 55.4 Å². The quantitative estimate of drug-likeness (QED) is 0.731. The molecule has 132 valence electrons. The summed E-state index contributed by atoms with van der Waals surface area (Å²) in [5.41, 5.74) is 1.97. The zero-order chi connectivity index (χ0) is 17.3. The summed E-state index contributed by atoms with van der Waals surface area (Å²) in [7, 11) is -3.24. The Balaban J connectivity index is 1.60. The van der Waals surface area contributed by atoms with Crippen molar-refractivity contribution in [3.63, 3.8) is 0 Å². The molecule has 0 saturated carbocycles. The van der Waals surface area contributed by atoms with Crippen LogP contribution in [0.1, 0.15) is 30.0 Å². The molecule has 1 aliphatic carbocycles. The van der Waals surface area contributed by atoms with E-state index in [0.29, 0.717) is 19.4 Å². The first-order chi connectivity index (χ1) is 11.3. The van der Waals surface area contributed by atoms with Gasteiger partial charge in [-0.2, -0.15) is 0 Å². The topological polar surface area (TPSA) is 98.7 Å². The van der Waals surface area contributed by atoms with Crippen LogP contribution in [0.25, 0.3) is 0 Å².